The number of hydrogen-bond donors (Lipinski definition) is 1. The van der Waals surface area contributed by atoms with E-state index in [0.29, 0.717) is 7.47 Å². The zero-order chi connectivity index (χ0) is 4.12. The molecule has 0 aromatic carbocycles. The molecule has 0 bridgehead atoms. The van der Waals surface area contributed by atoms with Gasteiger partial charge in [-0.25, -0.2) is 0 Å². The standard InChI is InChI=1S/HNP4/c1-3-5-4-2/h1H. The normalized spacial score (nSPS) is 5.40. The van der Waals surface area contributed by atoms with Crippen molar-refractivity contribution in [1.29, 1.82) is 5.16 Å². The Bertz CT molecular complexity index is 192. The molecule has 0 saturated carbocycles. The van der Waals surface area contributed by atoms with Crippen molar-refractivity contribution in [2.45, 2.75) is 0 Å². The van der Waals surface area contributed by atoms with Crippen molar-refractivity contribution in [3.63, 3.8) is 0 Å². The molecule has 0 spiro atoms. The first-order chi connectivity index (χ1) is 2.41. The summed E-state index contributed by atoms with van der Waals surface area (Å²) in [4.78, 5) is 0. The van der Waals surface area contributed by atoms with E-state index in [4.69, 9.17) is 5.16 Å². The summed E-state index contributed by atoms with van der Waals surface area (Å²) < 4.78 is 0. The number of nitrogens with one attached hydrogen (secondary N) is 1. The van der Waals surface area contributed by atoms with Crippen molar-refractivity contribution in [2.24, 2.45) is 0 Å². The Kier molecular flexibility index (Phi) is 7.20. The SMILES string of the molecule is N=P#P=P#P. The van der Waals surface area contributed by atoms with Crippen LogP contribution in [0.1, 0.15) is 0 Å². The van der Waals surface area contributed by atoms with Crippen LogP contribution in [0.4, 0.5) is 0 Å². The summed E-state index contributed by atoms with van der Waals surface area (Å²) in [6, 6.07) is 0. The van der Waals surface area contributed by atoms with Gasteiger partial charge in [0.15, 0.2) is 0 Å². The molecule has 1 N–H and O–H groups in total. The van der Waals surface area contributed by atoms with Crippen molar-refractivity contribution in [2.75, 3.05) is 0 Å². The van der Waals surface area contributed by atoms with E-state index in [-0.39, 0.29) is 0 Å². The summed E-state index contributed by atoms with van der Waals surface area (Å²) >= 11 is 0. The first kappa shape index (κ1) is 6.52. The second-order valence-electron chi connectivity index (χ2n) is 0.279. The molecule has 0 atom stereocenters. The summed E-state index contributed by atoms with van der Waals surface area (Å²) in [6.45, 7) is 2.05. The maximum atomic E-state index is 6.51. The van der Waals surface area contributed by atoms with Crippen LogP contribution in [0.2, 0.25) is 0 Å². The molecule has 0 aliphatic heterocycles. The monoisotopic (exact) mass is 139 g/mol. The van der Waals surface area contributed by atoms with Crippen molar-refractivity contribution in [3.05, 3.63) is 0 Å². The van der Waals surface area contributed by atoms with Crippen LogP contribution >= 0.6 is 29.8 Å². The van der Waals surface area contributed by atoms with E-state index in [1.54, 1.807) is 0 Å². The quantitative estimate of drug-likeness (QED) is 0.494. The fourth-order valence-electron chi connectivity index (χ4n) is 0.0200. The first-order valence-electron chi connectivity index (χ1n) is 0.824. The van der Waals surface area contributed by atoms with Gasteiger partial charge in [0.25, 0.3) is 0 Å². The summed E-state index contributed by atoms with van der Waals surface area (Å²) in [5, 5.41) is 6.51. The van der Waals surface area contributed by atoms with Crippen LogP contribution < -0.4 is 0 Å². The van der Waals surface area contributed by atoms with Crippen LogP contribution in [0.5, 0.6) is 0 Å². The second-order valence-corrected chi connectivity index (χ2v) is 5.73. The Labute approximate surface area is 35.7 Å². The second kappa shape index (κ2) is 5.52. The molecule has 0 aromatic heterocycles. The zero-order valence-corrected chi connectivity index (χ0v) is 5.87. The molecule has 0 heterocycles. The van der Waals surface area contributed by atoms with Crippen molar-refractivity contribution in [1.82, 2.24) is 0 Å². The van der Waals surface area contributed by atoms with E-state index in [0.717, 1.165) is 13.9 Å². The maximum absolute atomic E-state index is 6.51. The molecule has 0 aliphatic carbocycles. The van der Waals surface area contributed by atoms with Gasteiger partial charge in [-0.2, -0.15) is 0 Å². The molecule has 26 valence electrons. The van der Waals surface area contributed by atoms with Gasteiger partial charge in [0.2, 0.25) is 0 Å². The van der Waals surface area contributed by atoms with Crippen LogP contribution in [-0.4, -0.2) is 0 Å². The summed E-state index contributed by atoms with van der Waals surface area (Å²) in [5.74, 6) is 0. The van der Waals surface area contributed by atoms with Gasteiger partial charge in [0.05, 0.1) is 0 Å². The molecule has 1 nitrogen and oxygen atoms in total. The summed E-state index contributed by atoms with van der Waals surface area (Å²) in [5.41, 5.74) is 0. The molecule has 0 rings (SSSR count). The Hall–Kier alpha value is 1.52. The van der Waals surface area contributed by atoms with E-state index in [1.165, 1.54) is 0 Å². The number of hydrogen-bond acceptors (Lipinski definition) is 1. The Morgan fingerprint density at radius 3 is 2.20 bits per heavy atom. The fourth-order valence-corrected chi connectivity index (χ4v) is 1.62. The topological polar surface area (TPSA) is 23.9 Å². The predicted molar refractivity (Wildman–Crippen MR) is 30.4 cm³/mol. The fraction of sp³-hybridized carbons (Fsp3) is 0. The van der Waals surface area contributed by atoms with Crippen LogP contribution in [0.25, 0.3) is 0 Å². The molecular formula is HNP4. The van der Waals surface area contributed by atoms with Crippen LogP contribution in [0, 0.1) is 5.16 Å². The minimum atomic E-state index is 0.663. The molecule has 0 fully saturated rings. The van der Waals surface area contributed by atoms with Crippen molar-refractivity contribution < 1.29 is 0 Å². The molecule has 0 aromatic rings. The minimum absolute atomic E-state index is 0.663. The Morgan fingerprint density at radius 1 is 1.60 bits per heavy atom. The van der Waals surface area contributed by atoms with Gasteiger partial charge >= 0.3 is 34.9 Å². The zero-order valence-electron chi connectivity index (χ0n) is 2.29. The van der Waals surface area contributed by atoms with E-state index >= 15 is 0 Å². The van der Waals surface area contributed by atoms with Gasteiger partial charge in [-0.15, -0.1) is 0 Å². The molecule has 5 heavy (non-hydrogen) atoms. The molecule has 5 heteroatoms. The van der Waals surface area contributed by atoms with Gasteiger partial charge < -0.3 is 0 Å². The van der Waals surface area contributed by atoms with Crippen molar-refractivity contribution in [3.8, 4) is 0 Å². The van der Waals surface area contributed by atoms with E-state index in [9.17, 15) is 0 Å². The first-order valence-corrected chi connectivity index (χ1v) is 6.07. The van der Waals surface area contributed by atoms with E-state index in [1.807, 2.05) is 0 Å². The average molecular weight is 139 g/mol. The van der Waals surface area contributed by atoms with E-state index < -0.39 is 0 Å². The Morgan fingerprint density at radius 2 is 2.20 bits per heavy atom. The van der Waals surface area contributed by atoms with E-state index in [2.05, 4.69) is 8.34 Å². The van der Waals surface area contributed by atoms with Gasteiger partial charge in [-0.1, -0.05) is 0 Å². The molecule has 0 aliphatic rings. The van der Waals surface area contributed by atoms with Gasteiger partial charge in [0.1, 0.15) is 0 Å². The average Bonchev–Trinajstić information content (AvgIpc) is 1.41. The molecule has 0 amide bonds. The Balaban J connectivity index is 5.26. The molecule has 0 saturated heterocycles. The summed E-state index contributed by atoms with van der Waals surface area (Å²) in [7, 11) is 4.50. The predicted octanol–water partition coefficient (Wildman–Crippen LogP) is 3.74. The van der Waals surface area contributed by atoms with Crippen LogP contribution in [-0.2, 0) is 0 Å². The third-order valence-electron chi connectivity index (χ3n) is 0.0847. The van der Waals surface area contributed by atoms with Crippen LogP contribution in [0.15, 0.2) is 0 Å². The number of rotatable bonds is 0. The van der Waals surface area contributed by atoms with Gasteiger partial charge in [-0.3, -0.25) is 0 Å². The molecular weight excluding hydrogens is 138 g/mol. The van der Waals surface area contributed by atoms with Gasteiger partial charge in [-0.05, 0) is 0 Å². The third-order valence-corrected chi connectivity index (χ3v) is 4.45. The third kappa shape index (κ3) is 5.52. The van der Waals surface area contributed by atoms with Crippen LogP contribution in [0.3, 0.4) is 0 Å². The van der Waals surface area contributed by atoms with Crippen molar-refractivity contribution >= 4 is 29.8 Å². The molecule has 0 unspecified atom stereocenters. The summed E-state index contributed by atoms with van der Waals surface area (Å²) in [6.07, 6.45) is 0. The van der Waals surface area contributed by atoms with Gasteiger partial charge in [0, 0.05) is 0 Å². The molecule has 0 radical (unpaired) electrons.